The summed E-state index contributed by atoms with van der Waals surface area (Å²) in [6.07, 6.45) is 7.70. The van der Waals surface area contributed by atoms with Gasteiger partial charge in [0.15, 0.2) is 0 Å². The number of aryl methyl sites for hydroxylation is 1. The highest BCUT2D eigenvalue weighted by molar-refractivity contribution is 5.15. The maximum absolute atomic E-state index is 3.86. The smallest absolute Gasteiger partial charge is 0.0144 e. The van der Waals surface area contributed by atoms with Crippen molar-refractivity contribution in [3.8, 4) is 0 Å². The van der Waals surface area contributed by atoms with Gasteiger partial charge in [0, 0.05) is 0 Å². The Morgan fingerprint density at radius 2 is 1.93 bits per heavy atom. The Morgan fingerprint density at radius 1 is 1.21 bits per heavy atom. The van der Waals surface area contributed by atoms with Gasteiger partial charge in [-0.1, -0.05) is 54.6 Å². The highest BCUT2D eigenvalue weighted by atomic mass is 13.9. The van der Waals surface area contributed by atoms with Gasteiger partial charge in [0.2, 0.25) is 0 Å². The highest BCUT2D eigenvalue weighted by Gasteiger charge is 1.87. The molecule has 0 aliphatic rings. The average molecular weight is 186 g/mol. The maximum Gasteiger partial charge on any atom is -0.0144 e. The lowest BCUT2D eigenvalue weighted by Gasteiger charge is -1.96. The Morgan fingerprint density at radius 3 is 2.57 bits per heavy atom. The number of benzene rings is 1. The third kappa shape index (κ3) is 4.66. The van der Waals surface area contributed by atoms with Gasteiger partial charge in [-0.15, -0.1) is 0 Å². The highest BCUT2D eigenvalue weighted by Crippen LogP contribution is 2.04. The van der Waals surface area contributed by atoms with Crippen molar-refractivity contribution in [2.24, 2.45) is 0 Å². The number of hydrogen-bond donors (Lipinski definition) is 0. The van der Waals surface area contributed by atoms with Crippen LogP contribution in [0.2, 0.25) is 0 Å². The second kappa shape index (κ2) is 6.20. The molecule has 0 N–H and O–H groups in total. The van der Waals surface area contributed by atoms with Crippen LogP contribution in [0.5, 0.6) is 0 Å². The fourth-order valence-electron chi connectivity index (χ4n) is 1.30. The van der Waals surface area contributed by atoms with Crippen LogP contribution in [0.25, 0.3) is 0 Å². The molecular weight excluding hydrogens is 168 g/mol. The minimum absolute atomic E-state index is 1.01. The van der Waals surface area contributed by atoms with Crippen LogP contribution < -0.4 is 0 Å². The Hall–Kier alpha value is -1.30. The van der Waals surface area contributed by atoms with E-state index in [-0.39, 0.29) is 0 Å². The van der Waals surface area contributed by atoms with E-state index in [0.717, 1.165) is 19.3 Å². The molecule has 0 aromatic heterocycles. The summed E-state index contributed by atoms with van der Waals surface area (Å²) in [5.74, 6) is 0. The summed E-state index contributed by atoms with van der Waals surface area (Å²) in [4.78, 5) is 0. The number of rotatable bonds is 5. The van der Waals surface area contributed by atoms with Crippen LogP contribution in [0, 0.1) is 0 Å². The molecule has 0 nitrogen and oxygen atoms in total. The first-order valence-corrected chi connectivity index (χ1v) is 5.12. The van der Waals surface area contributed by atoms with Gasteiger partial charge in [-0.2, -0.15) is 0 Å². The molecule has 0 saturated heterocycles. The third-order valence-electron chi connectivity index (χ3n) is 2.08. The molecule has 74 valence electrons. The molecule has 1 aromatic carbocycles. The zero-order valence-electron chi connectivity index (χ0n) is 8.87. The molecular formula is C14H18. The van der Waals surface area contributed by atoms with Crippen LogP contribution in [-0.4, -0.2) is 0 Å². The van der Waals surface area contributed by atoms with Crippen molar-refractivity contribution in [2.45, 2.75) is 26.2 Å². The van der Waals surface area contributed by atoms with Gasteiger partial charge in [-0.3, -0.25) is 0 Å². The second-order valence-corrected chi connectivity index (χ2v) is 3.66. The first-order chi connectivity index (χ1) is 6.79. The minimum Gasteiger partial charge on any atom is -0.0998 e. The van der Waals surface area contributed by atoms with Crippen LogP contribution in [0.3, 0.4) is 0 Å². The standard InChI is InChI=1S/C14H18/c1-13(2)9-5-3-6-10-14-11-7-4-8-12-14/h3-5,7-8,11-12H,1,6,9-10H2,2H3/b5-3+. The van der Waals surface area contributed by atoms with E-state index in [0.29, 0.717) is 0 Å². The van der Waals surface area contributed by atoms with E-state index >= 15 is 0 Å². The summed E-state index contributed by atoms with van der Waals surface area (Å²) in [5, 5.41) is 0. The van der Waals surface area contributed by atoms with E-state index in [1.165, 1.54) is 11.1 Å². The van der Waals surface area contributed by atoms with Gasteiger partial charge < -0.3 is 0 Å². The molecule has 0 radical (unpaired) electrons. The predicted octanol–water partition coefficient (Wildman–Crippen LogP) is 4.14. The third-order valence-corrected chi connectivity index (χ3v) is 2.08. The molecule has 0 heterocycles. The van der Waals surface area contributed by atoms with E-state index in [1.807, 2.05) is 0 Å². The van der Waals surface area contributed by atoms with Gasteiger partial charge in [0.05, 0.1) is 0 Å². The summed E-state index contributed by atoms with van der Waals surface area (Å²) in [7, 11) is 0. The second-order valence-electron chi connectivity index (χ2n) is 3.66. The Kier molecular flexibility index (Phi) is 4.77. The first kappa shape index (κ1) is 10.8. The van der Waals surface area contributed by atoms with Gasteiger partial charge in [0.1, 0.15) is 0 Å². The summed E-state index contributed by atoms with van der Waals surface area (Å²) >= 11 is 0. The molecule has 1 aromatic rings. The summed E-state index contributed by atoms with van der Waals surface area (Å²) in [6, 6.07) is 10.6. The van der Waals surface area contributed by atoms with E-state index < -0.39 is 0 Å². The van der Waals surface area contributed by atoms with E-state index in [2.05, 4.69) is 56.0 Å². The molecule has 0 aliphatic heterocycles. The zero-order chi connectivity index (χ0) is 10.2. The summed E-state index contributed by atoms with van der Waals surface area (Å²) < 4.78 is 0. The number of allylic oxidation sites excluding steroid dienone is 3. The molecule has 0 unspecified atom stereocenters. The van der Waals surface area contributed by atoms with Gasteiger partial charge >= 0.3 is 0 Å². The number of hydrogen-bond acceptors (Lipinski definition) is 0. The normalized spacial score (nSPS) is 10.6. The average Bonchev–Trinajstić information content (AvgIpc) is 2.18. The van der Waals surface area contributed by atoms with E-state index in [1.54, 1.807) is 0 Å². The first-order valence-electron chi connectivity index (χ1n) is 5.12. The van der Waals surface area contributed by atoms with Crippen LogP contribution in [0.4, 0.5) is 0 Å². The summed E-state index contributed by atoms with van der Waals surface area (Å²) in [5.41, 5.74) is 2.63. The molecule has 0 bridgehead atoms. The van der Waals surface area contributed by atoms with Gasteiger partial charge in [-0.05, 0) is 31.7 Å². The SMILES string of the molecule is C=C(C)C/C=C/CCc1ccccc1. The van der Waals surface area contributed by atoms with Crippen molar-refractivity contribution in [2.75, 3.05) is 0 Å². The molecule has 0 heteroatoms. The molecule has 0 saturated carbocycles. The maximum atomic E-state index is 3.86. The van der Waals surface area contributed by atoms with Crippen molar-refractivity contribution in [1.82, 2.24) is 0 Å². The molecule has 14 heavy (non-hydrogen) atoms. The van der Waals surface area contributed by atoms with Gasteiger partial charge in [0.25, 0.3) is 0 Å². The van der Waals surface area contributed by atoms with Crippen molar-refractivity contribution in [1.29, 1.82) is 0 Å². The summed E-state index contributed by atoms with van der Waals surface area (Å²) in [6.45, 7) is 5.92. The van der Waals surface area contributed by atoms with Crippen LogP contribution in [-0.2, 0) is 6.42 Å². The van der Waals surface area contributed by atoms with Crippen molar-refractivity contribution < 1.29 is 0 Å². The Labute approximate surface area is 87.0 Å². The largest absolute Gasteiger partial charge is 0.0998 e. The molecule has 0 atom stereocenters. The van der Waals surface area contributed by atoms with Crippen molar-refractivity contribution in [3.05, 3.63) is 60.2 Å². The lowest BCUT2D eigenvalue weighted by atomic mass is 10.1. The lowest BCUT2D eigenvalue weighted by molar-refractivity contribution is 0.994. The molecule has 0 spiro atoms. The van der Waals surface area contributed by atoms with E-state index in [9.17, 15) is 0 Å². The quantitative estimate of drug-likeness (QED) is 0.606. The minimum atomic E-state index is 1.01. The Bertz CT molecular complexity index is 293. The molecule has 1 rings (SSSR count). The van der Waals surface area contributed by atoms with Crippen LogP contribution in [0.15, 0.2) is 54.6 Å². The van der Waals surface area contributed by atoms with Gasteiger partial charge in [-0.25, -0.2) is 0 Å². The zero-order valence-corrected chi connectivity index (χ0v) is 8.87. The molecule has 0 aliphatic carbocycles. The predicted molar refractivity (Wildman–Crippen MR) is 63.3 cm³/mol. The molecule has 0 amide bonds. The topological polar surface area (TPSA) is 0 Å². The van der Waals surface area contributed by atoms with E-state index in [4.69, 9.17) is 0 Å². The van der Waals surface area contributed by atoms with Crippen molar-refractivity contribution in [3.63, 3.8) is 0 Å². The fourth-order valence-corrected chi connectivity index (χ4v) is 1.30. The van der Waals surface area contributed by atoms with Crippen molar-refractivity contribution >= 4 is 0 Å². The van der Waals surface area contributed by atoms with Crippen LogP contribution in [0.1, 0.15) is 25.3 Å². The monoisotopic (exact) mass is 186 g/mol. The lowest BCUT2D eigenvalue weighted by Crippen LogP contribution is -1.81. The molecule has 0 fully saturated rings. The van der Waals surface area contributed by atoms with Crippen LogP contribution >= 0.6 is 0 Å². The Balaban J connectivity index is 2.22. The fraction of sp³-hybridized carbons (Fsp3) is 0.286.